The van der Waals surface area contributed by atoms with Crippen molar-refractivity contribution in [1.82, 2.24) is 10.2 Å². The summed E-state index contributed by atoms with van der Waals surface area (Å²) in [6.45, 7) is 8.14. The molecule has 1 N–H and O–H groups in total. The van der Waals surface area contributed by atoms with Crippen LogP contribution in [0.2, 0.25) is 0 Å². The Balaban J connectivity index is 1.78. The van der Waals surface area contributed by atoms with Gasteiger partial charge < -0.3 is 15.0 Å². The van der Waals surface area contributed by atoms with Crippen LogP contribution in [0.4, 0.5) is 4.79 Å². The number of piperidine rings is 1. The highest BCUT2D eigenvalue weighted by Crippen LogP contribution is 2.17. The molecule has 1 aliphatic rings. The Labute approximate surface area is 147 Å². The first-order valence-corrected chi connectivity index (χ1v) is 9.09. The summed E-state index contributed by atoms with van der Waals surface area (Å²) in [5, 5.41) is 3.57. The zero-order chi connectivity index (χ0) is 16.9. The third kappa shape index (κ3) is 6.15. The Bertz CT molecular complexity index is 528. The summed E-state index contributed by atoms with van der Waals surface area (Å²) in [4.78, 5) is 14.0. The van der Waals surface area contributed by atoms with Crippen LogP contribution in [-0.2, 0) is 11.2 Å². The number of ether oxygens (including phenoxy) is 1. The molecule has 23 heavy (non-hydrogen) atoms. The Morgan fingerprint density at radius 2 is 2.13 bits per heavy atom. The molecule has 1 aromatic rings. The molecule has 2 rings (SSSR count). The van der Waals surface area contributed by atoms with Crippen LogP contribution in [0.5, 0.6) is 0 Å². The minimum absolute atomic E-state index is 0.199. The maximum absolute atomic E-state index is 12.2. The number of carbonyl (C=O) groups excluding carboxylic acids is 1. The minimum atomic E-state index is -0.433. The van der Waals surface area contributed by atoms with Crippen LogP contribution in [0.15, 0.2) is 28.7 Å². The van der Waals surface area contributed by atoms with Gasteiger partial charge in [0, 0.05) is 23.6 Å². The second kappa shape index (κ2) is 8.15. The van der Waals surface area contributed by atoms with E-state index in [0.717, 1.165) is 43.4 Å². The topological polar surface area (TPSA) is 41.6 Å². The van der Waals surface area contributed by atoms with Crippen molar-refractivity contribution in [3.8, 4) is 0 Å². The van der Waals surface area contributed by atoms with E-state index in [9.17, 15) is 4.79 Å². The van der Waals surface area contributed by atoms with Crippen LogP contribution in [0.1, 0.15) is 39.2 Å². The van der Waals surface area contributed by atoms with E-state index in [1.165, 1.54) is 5.56 Å². The van der Waals surface area contributed by atoms with Gasteiger partial charge in [0.25, 0.3) is 0 Å². The molecule has 128 valence electrons. The standard InChI is InChI=1S/C18H27BrN2O2/c1-18(2,3)23-17(22)21-12-6-8-15(13-21)20-11-10-14-7-4-5-9-16(14)19/h4-5,7,9,15,20H,6,8,10-13H2,1-3H3/t15-/m1/s1. The van der Waals surface area contributed by atoms with Crippen molar-refractivity contribution in [2.24, 2.45) is 0 Å². The average Bonchev–Trinajstić information content (AvgIpc) is 2.48. The van der Waals surface area contributed by atoms with Crippen molar-refractivity contribution in [3.63, 3.8) is 0 Å². The lowest BCUT2D eigenvalue weighted by molar-refractivity contribution is 0.0188. The van der Waals surface area contributed by atoms with Crippen molar-refractivity contribution in [2.75, 3.05) is 19.6 Å². The normalized spacial score (nSPS) is 18.8. The lowest BCUT2D eigenvalue weighted by Gasteiger charge is -2.34. The Hall–Kier alpha value is -1.07. The van der Waals surface area contributed by atoms with Gasteiger partial charge in [0.2, 0.25) is 0 Å². The molecular weight excluding hydrogens is 356 g/mol. The molecule has 1 fully saturated rings. The predicted molar refractivity (Wildman–Crippen MR) is 96.7 cm³/mol. The number of halogens is 1. The van der Waals surface area contributed by atoms with Gasteiger partial charge in [-0.15, -0.1) is 0 Å². The number of benzene rings is 1. The highest BCUT2D eigenvalue weighted by Gasteiger charge is 2.27. The first-order chi connectivity index (χ1) is 10.8. The molecule has 1 heterocycles. The van der Waals surface area contributed by atoms with Gasteiger partial charge in [0.05, 0.1) is 0 Å². The Kier molecular flexibility index (Phi) is 6.48. The highest BCUT2D eigenvalue weighted by molar-refractivity contribution is 9.10. The van der Waals surface area contributed by atoms with Crippen molar-refractivity contribution in [2.45, 2.75) is 51.7 Å². The quantitative estimate of drug-likeness (QED) is 0.855. The zero-order valence-electron chi connectivity index (χ0n) is 14.3. The molecule has 0 aromatic heterocycles. The van der Waals surface area contributed by atoms with E-state index in [4.69, 9.17) is 4.74 Å². The van der Waals surface area contributed by atoms with E-state index >= 15 is 0 Å². The van der Waals surface area contributed by atoms with Gasteiger partial charge in [-0.2, -0.15) is 0 Å². The molecule has 1 amide bonds. The Morgan fingerprint density at radius 1 is 1.39 bits per heavy atom. The molecule has 0 radical (unpaired) electrons. The van der Waals surface area contributed by atoms with Crippen molar-refractivity contribution in [3.05, 3.63) is 34.3 Å². The maximum atomic E-state index is 12.2. The zero-order valence-corrected chi connectivity index (χ0v) is 15.9. The molecule has 1 atom stereocenters. The minimum Gasteiger partial charge on any atom is -0.444 e. The highest BCUT2D eigenvalue weighted by atomic mass is 79.9. The van der Waals surface area contributed by atoms with E-state index in [2.05, 4.69) is 39.4 Å². The number of hydrogen-bond acceptors (Lipinski definition) is 3. The van der Waals surface area contributed by atoms with Crippen LogP contribution < -0.4 is 5.32 Å². The van der Waals surface area contributed by atoms with E-state index in [1.807, 2.05) is 31.7 Å². The van der Waals surface area contributed by atoms with Gasteiger partial charge in [0.15, 0.2) is 0 Å². The predicted octanol–water partition coefficient (Wildman–Crippen LogP) is 3.98. The number of likely N-dealkylation sites (tertiary alicyclic amines) is 1. The molecule has 5 heteroatoms. The van der Waals surface area contributed by atoms with Crippen LogP contribution >= 0.6 is 15.9 Å². The SMILES string of the molecule is CC(C)(C)OC(=O)N1CCC[C@@H](NCCc2ccccc2Br)C1. The molecule has 0 aliphatic carbocycles. The van der Waals surface area contributed by atoms with Gasteiger partial charge >= 0.3 is 6.09 Å². The summed E-state index contributed by atoms with van der Waals surface area (Å²) in [6.07, 6.45) is 2.90. The van der Waals surface area contributed by atoms with Gasteiger partial charge in [-0.25, -0.2) is 4.79 Å². The number of nitrogens with zero attached hydrogens (tertiary/aromatic N) is 1. The maximum Gasteiger partial charge on any atom is 0.410 e. The van der Waals surface area contributed by atoms with Crippen molar-refractivity contribution < 1.29 is 9.53 Å². The third-order valence-corrected chi connectivity index (χ3v) is 4.63. The summed E-state index contributed by atoms with van der Waals surface area (Å²) < 4.78 is 6.62. The molecule has 1 aliphatic heterocycles. The van der Waals surface area contributed by atoms with Crippen LogP contribution in [0, 0.1) is 0 Å². The van der Waals surface area contributed by atoms with E-state index in [-0.39, 0.29) is 6.09 Å². The van der Waals surface area contributed by atoms with Gasteiger partial charge in [-0.3, -0.25) is 0 Å². The summed E-state index contributed by atoms with van der Waals surface area (Å²) in [7, 11) is 0. The molecule has 0 bridgehead atoms. The summed E-state index contributed by atoms with van der Waals surface area (Å²) >= 11 is 3.58. The van der Waals surface area contributed by atoms with Crippen LogP contribution in [0.25, 0.3) is 0 Å². The first-order valence-electron chi connectivity index (χ1n) is 8.30. The first kappa shape index (κ1) is 18.3. The number of nitrogens with one attached hydrogen (secondary N) is 1. The van der Waals surface area contributed by atoms with E-state index < -0.39 is 5.60 Å². The van der Waals surface area contributed by atoms with Gasteiger partial charge in [0.1, 0.15) is 5.60 Å². The molecular formula is C18H27BrN2O2. The monoisotopic (exact) mass is 382 g/mol. The Morgan fingerprint density at radius 3 is 2.83 bits per heavy atom. The number of carbonyl (C=O) groups is 1. The molecule has 4 nitrogen and oxygen atoms in total. The van der Waals surface area contributed by atoms with Crippen LogP contribution in [-0.4, -0.2) is 42.3 Å². The van der Waals surface area contributed by atoms with Gasteiger partial charge in [-0.1, -0.05) is 34.1 Å². The number of rotatable bonds is 4. The molecule has 1 aromatic carbocycles. The van der Waals surface area contributed by atoms with Gasteiger partial charge in [-0.05, 0) is 58.2 Å². The third-order valence-electron chi connectivity index (χ3n) is 3.86. The van der Waals surface area contributed by atoms with Crippen molar-refractivity contribution >= 4 is 22.0 Å². The number of hydrogen-bond donors (Lipinski definition) is 1. The smallest absolute Gasteiger partial charge is 0.410 e. The summed E-state index contributed by atoms with van der Waals surface area (Å²) in [5.41, 5.74) is 0.872. The van der Waals surface area contributed by atoms with E-state index in [1.54, 1.807) is 0 Å². The fourth-order valence-electron chi connectivity index (χ4n) is 2.75. The molecule has 1 saturated heterocycles. The number of amides is 1. The van der Waals surface area contributed by atoms with Crippen LogP contribution in [0.3, 0.4) is 0 Å². The fraction of sp³-hybridized carbons (Fsp3) is 0.611. The fourth-order valence-corrected chi connectivity index (χ4v) is 3.23. The van der Waals surface area contributed by atoms with Crippen molar-refractivity contribution in [1.29, 1.82) is 0 Å². The lowest BCUT2D eigenvalue weighted by atomic mass is 10.1. The van der Waals surface area contributed by atoms with E-state index in [0.29, 0.717) is 6.04 Å². The lowest BCUT2D eigenvalue weighted by Crippen LogP contribution is -2.49. The largest absolute Gasteiger partial charge is 0.444 e. The summed E-state index contributed by atoms with van der Waals surface area (Å²) in [5.74, 6) is 0. The second-order valence-corrected chi connectivity index (χ2v) is 7.92. The summed E-state index contributed by atoms with van der Waals surface area (Å²) in [6, 6.07) is 8.64. The molecule has 0 spiro atoms. The average molecular weight is 383 g/mol. The molecule has 0 unspecified atom stereocenters. The second-order valence-electron chi connectivity index (χ2n) is 7.06. The molecule has 0 saturated carbocycles.